The molecule has 0 bridgehead atoms. The van der Waals surface area contributed by atoms with Gasteiger partial charge in [0, 0.05) is 33.7 Å². The number of carbonyl (C=O) groups excluding carboxylic acids is 1. The van der Waals surface area contributed by atoms with Gasteiger partial charge in [0.2, 0.25) is 0 Å². The summed E-state index contributed by atoms with van der Waals surface area (Å²) in [5.41, 5.74) is 10.6. The number of allylic oxidation sites excluding steroid dienone is 3. The first-order chi connectivity index (χ1) is 21.7. The van der Waals surface area contributed by atoms with Gasteiger partial charge in [-0.15, -0.1) is 0 Å². The first-order valence-corrected chi connectivity index (χ1v) is 15.3. The molecule has 0 fully saturated rings. The maximum Gasteiger partial charge on any atom is 0.324 e. The van der Waals surface area contributed by atoms with E-state index >= 15 is 0 Å². The predicted molar refractivity (Wildman–Crippen MR) is 177 cm³/mol. The van der Waals surface area contributed by atoms with Gasteiger partial charge in [0.1, 0.15) is 5.75 Å². The van der Waals surface area contributed by atoms with E-state index < -0.39 is 16.9 Å². The summed E-state index contributed by atoms with van der Waals surface area (Å²) in [7, 11) is 1.56. The van der Waals surface area contributed by atoms with Gasteiger partial charge in [0.25, 0.3) is 5.69 Å². The van der Waals surface area contributed by atoms with Crippen molar-refractivity contribution in [1.82, 2.24) is 4.90 Å². The lowest BCUT2D eigenvalue weighted by Crippen LogP contribution is -2.37. The molecule has 4 aromatic rings. The van der Waals surface area contributed by atoms with Crippen LogP contribution in [-0.2, 0) is 6.42 Å². The van der Waals surface area contributed by atoms with Crippen LogP contribution in [0.4, 0.5) is 10.5 Å². The van der Waals surface area contributed by atoms with Crippen molar-refractivity contribution in [2.24, 2.45) is 5.73 Å². The highest BCUT2D eigenvalue weighted by atomic mass is 35.5. The van der Waals surface area contributed by atoms with Crippen molar-refractivity contribution in [2.75, 3.05) is 7.11 Å². The van der Waals surface area contributed by atoms with Crippen LogP contribution < -0.4 is 10.5 Å². The minimum Gasteiger partial charge on any atom is -0.496 e. The number of benzene rings is 4. The number of methoxy groups -OCH3 is 1. The number of amides is 2. The second kappa shape index (κ2) is 13.7. The van der Waals surface area contributed by atoms with Crippen LogP contribution in [0.1, 0.15) is 40.3 Å². The molecule has 0 saturated carbocycles. The van der Waals surface area contributed by atoms with Gasteiger partial charge >= 0.3 is 6.03 Å². The number of nitriles is 1. The fraction of sp³-hybridized carbons (Fsp3) is 0.143. The summed E-state index contributed by atoms with van der Waals surface area (Å²) in [5, 5.41) is 22.9. The number of urea groups is 1. The Balaban J connectivity index is 1.74. The molecule has 0 radical (unpaired) electrons. The molecule has 0 spiro atoms. The van der Waals surface area contributed by atoms with Gasteiger partial charge in [-0.2, -0.15) is 5.26 Å². The zero-order chi connectivity index (χ0) is 32.1. The van der Waals surface area contributed by atoms with Crippen molar-refractivity contribution in [3.63, 3.8) is 0 Å². The third-order valence-electron chi connectivity index (χ3n) is 7.66. The van der Waals surface area contributed by atoms with Gasteiger partial charge in [-0.25, -0.2) is 4.79 Å². The monoisotopic (exact) mass is 636 g/mol. The lowest BCUT2D eigenvalue weighted by atomic mass is 9.78. The molecule has 4 aromatic carbocycles. The minimum absolute atomic E-state index is 0.0170. The number of thioether (sulfide) groups is 1. The molecule has 2 atom stereocenters. The third-order valence-corrected chi connectivity index (χ3v) is 9.35. The first-order valence-electron chi connectivity index (χ1n) is 14.0. The van der Waals surface area contributed by atoms with E-state index in [4.69, 9.17) is 22.1 Å². The van der Waals surface area contributed by atoms with Crippen molar-refractivity contribution in [3.05, 3.63) is 157 Å². The van der Waals surface area contributed by atoms with Crippen LogP contribution in [0, 0.1) is 21.4 Å². The number of hydrogen-bond acceptors (Lipinski definition) is 6. The SMILES string of the molecule is COc1ccccc1C1=C(C)N(C(N)=O)C(SC(Cc2cccc([N+](=O)[O-])c2)c2ccccc2)=C(C#N)C1c1ccccc1Cl. The minimum atomic E-state index is -0.755. The molecule has 10 heteroatoms. The number of ether oxygens (including phenoxy) is 1. The van der Waals surface area contributed by atoms with Crippen molar-refractivity contribution in [1.29, 1.82) is 5.26 Å². The van der Waals surface area contributed by atoms with E-state index in [-0.39, 0.29) is 10.9 Å². The number of nitro groups is 1. The predicted octanol–water partition coefficient (Wildman–Crippen LogP) is 8.62. The highest BCUT2D eigenvalue weighted by Gasteiger charge is 2.40. The Bertz CT molecular complexity index is 1870. The molecule has 8 nitrogen and oxygen atoms in total. The number of nitro benzene ring substituents is 1. The lowest BCUT2D eigenvalue weighted by Gasteiger charge is -2.38. The van der Waals surface area contributed by atoms with Crippen LogP contribution in [-0.4, -0.2) is 23.0 Å². The van der Waals surface area contributed by atoms with Gasteiger partial charge in [0.15, 0.2) is 0 Å². The molecule has 226 valence electrons. The molecule has 1 aliphatic rings. The standard InChI is InChI=1S/C35H29ClN4O4S/c1-22-32(27-16-7-9-18-30(27)44-2)33(26-15-6-8-17-29(26)36)28(21-37)34(39(22)35(38)41)45-31(24-12-4-3-5-13-24)20-23-11-10-14-25(19-23)40(42)43/h3-19,31,33H,20H2,1-2H3,(H2,38,41). The van der Waals surface area contributed by atoms with E-state index in [0.29, 0.717) is 50.2 Å². The van der Waals surface area contributed by atoms with Crippen LogP contribution in [0.25, 0.3) is 5.57 Å². The Morgan fingerprint density at radius 1 is 1.07 bits per heavy atom. The first kappa shape index (κ1) is 31.4. The molecule has 5 rings (SSSR count). The largest absolute Gasteiger partial charge is 0.496 e. The van der Waals surface area contributed by atoms with E-state index in [1.165, 1.54) is 22.7 Å². The van der Waals surface area contributed by atoms with Gasteiger partial charge in [-0.05, 0) is 47.7 Å². The number of nitrogens with zero attached hydrogens (tertiary/aromatic N) is 3. The zero-order valence-electron chi connectivity index (χ0n) is 24.5. The maximum absolute atomic E-state index is 13.3. The van der Waals surface area contributed by atoms with E-state index in [1.54, 1.807) is 32.2 Å². The van der Waals surface area contributed by atoms with Crippen molar-refractivity contribution < 1.29 is 14.5 Å². The Hall–Kier alpha value is -5.04. The van der Waals surface area contributed by atoms with Gasteiger partial charge in [-0.1, -0.05) is 102 Å². The number of primary amides is 1. The zero-order valence-corrected chi connectivity index (χ0v) is 26.1. The molecular weight excluding hydrogens is 608 g/mol. The van der Waals surface area contributed by atoms with Crippen LogP contribution in [0.3, 0.4) is 0 Å². The van der Waals surface area contributed by atoms with Crippen molar-refractivity contribution in [2.45, 2.75) is 24.5 Å². The number of rotatable bonds is 9. The molecular formula is C35H29ClN4O4S. The van der Waals surface area contributed by atoms with E-state index in [2.05, 4.69) is 6.07 Å². The summed E-state index contributed by atoms with van der Waals surface area (Å²) in [6, 6.07) is 32.4. The normalized spacial score (nSPS) is 15.4. The summed E-state index contributed by atoms with van der Waals surface area (Å²) in [4.78, 5) is 25.8. The summed E-state index contributed by atoms with van der Waals surface area (Å²) < 4.78 is 5.71. The molecule has 2 amide bonds. The van der Waals surface area contributed by atoms with Crippen LogP contribution >= 0.6 is 23.4 Å². The number of para-hydroxylation sites is 1. The molecule has 2 N–H and O–H groups in total. The summed E-state index contributed by atoms with van der Waals surface area (Å²) in [6.45, 7) is 1.79. The van der Waals surface area contributed by atoms with Gasteiger partial charge < -0.3 is 10.5 Å². The Labute approximate surface area is 270 Å². The fourth-order valence-electron chi connectivity index (χ4n) is 5.64. The Morgan fingerprint density at radius 2 is 1.76 bits per heavy atom. The van der Waals surface area contributed by atoms with E-state index in [9.17, 15) is 20.2 Å². The fourth-order valence-corrected chi connectivity index (χ4v) is 7.35. The van der Waals surface area contributed by atoms with Crippen LogP contribution in [0.2, 0.25) is 5.02 Å². The average molecular weight is 637 g/mol. The average Bonchev–Trinajstić information content (AvgIpc) is 3.05. The highest BCUT2D eigenvalue weighted by Crippen LogP contribution is 2.53. The number of halogens is 1. The lowest BCUT2D eigenvalue weighted by molar-refractivity contribution is -0.384. The Morgan fingerprint density at radius 3 is 2.42 bits per heavy atom. The van der Waals surface area contributed by atoms with Crippen LogP contribution in [0.15, 0.2) is 119 Å². The number of non-ortho nitro benzene ring substituents is 1. The number of hydrogen-bond donors (Lipinski definition) is 1. The van der Waals surface area contributed by atoms with Crippen molar-refractivity contribution in [3.8, 4) is 11.8 Å². The summed E-state index contributed by atoms with van der Waals surface area (Å²) in [6.07, 6.45) is 0.379. The summed E-state index contributed by atoms with van der Waals surface area (Å²) >= 11 is 8.11. The quantitative estimate of drug-likeness (QED) is 0.145. The highest BCUT2D eigenvalue weighted by molar-refractivity contribution is 8.03. The molecule has 2 unspecified atom stereocenters. The van der Waals surface area contributed by atoms with Gasteiger partial charge in [-0.3, -0.25) is 15.0 Å². The smallest absolute Gasteiger partial charge is 0.324 e. The topological polar surface area (TPSA) is 122 Å². The second-order valence-electron chi connectivity index (χ2n) is 10.3. The second-order valence-corrected chi connectivity index (χ2v) is 11.9. The molecule has 45 heavy (non-hydrogen) atoms. The number of carbonyl (C=O) groups is 1. The van der Waals surface area contributed by atoms with Crippen LogP contribution in [0.5, 0.6) is 5.75 Å². The Kier molecular flexibility index (Phi) is 9.57. The molecule has 1 heterocycles. The van der Waals surface area contributed by atoms with Crippen molar-refractivity contribution >= 4 is 40.7 Å². The maximum atomic E-state index is 13.3. The molecule has 1 aliphatic heterocycles. The van der Waals surface area contributed by atoms with E-state index in [0.717, 1.165) is 11.1 Å². The number of nitrogens with two attached hydrogens (primary N) is 1. The molecule has 0 saturated heterocycles. The third kappa shape index (κ3) is 6.43. The van der Waals surface area contributed by atoms with Gasteiger partial charge in [0.05, 0.1) is 34.6 Å². The van der Waals surface area contributed by atoms with E-state index in [1.807, 2.05) is 78.9 Å². The summed E-state index contributed by atoms with van der Waals surface area (Å²) in [5.74, 6) is -0.0955. The molecule has 0 aliphatic carbocycles. The molecule has 0 aromatic heterocycles.